The summed E-state index contributed by atoms with van der Waals surface area (Å²) >= 11 is 0. The molecule has 0 amide bonds. The fourth-order valence-corrected chi connectivity index (χ4v) is 3.61. The van der Waals surface area contributed by atoms with E-state index in [0.717, 1.165) is 19.3 Å². The van der Waals surface area contributed by atoms with Crippen LogP contribution in [-0.2, 0) is 14.3 Å². The SMILES string of the molecule is CC(C)[C@@H]1CC[C@@H](C)C[C@@H]1O[C@@H]1O[C@H](C(=O)O)[C@@H](O)[C@H](O)[C@H]1O. The summed E-state index contributed by atoms with van der Waals surface area (Å²) in [6.45, 7) is 6.34. The van der Waals surface area contributed by atoms with Crippen molar-refractivity contribution in [1.29, 1.82) is 0 Å². The summed E-state index contributed by atoms with van der Waals surface area (Å²) in [6.07, 6.45) is -4.92. The molecule has 0 aromatic heterocycles. The van der Waals surface area contributed by atoms with Crippen molar-refractivity contribution in [2.45, 2.75) is 76.8 Å². The first-order valence-electron chi connectivity index (χ1n) is 8.30. The highest BCUT2D eigenvalue weighted by molar-refractivity contribution is 5.73. The quantitative estimate of drug-likeness (QED) is 0.587. The van der Waals surface area contributed by atoms with Gasteiger partial charge in [0.25, 0.3) is 0 Å². The second-order valence-electron chi connectivity index (χ2n) is 7.24. The van der Waals surface area contributed by atoms with Crippen LogP contribution in [0.3, 0.4) is 0 Å². The summed E-state index contributed by atoms with van der Waals surface area (Å²) in [6, 6.07) is 0. The Morgan fingerprint density at radius 2 is 1.78 bits per heavy atom. The molecule has 0 unspecified atom stereocenters. The fourth-order valence-electron chi connectivity index (χ4n) is 3.61. The van der Waals surface area contributed by atoms with Crippen LogP contribution in [0.4, 0.5) is 0 Å². The molecule has 7 heteroatoms. The Morgan fingerprint density at radius 3 is 2.35 bits per heavy atom. The molecule has 1 aliphatic heterocycles. The summed E-state index contributed by atoms with van der Waals surface area (Å²) in [5.41, 5.74) is 0. The molecule has 0 aromatic carbocycles. The summed E-state index contributed by atoms with van der Waals surface area (Å²) in [4.78, 5) is 11.1. The van der Waals surface area contributed by atoms with Crippen LogP contribution in [-0.4, -0.2) is 63.2 Å². The third-order valence-corrected chi connectivity index (χ3v) is 5.08. The topological polar surface area (TPSA) is 116 Å². The molecule has 0 radical (unpaired) electrons. The lowest BCUT2D eigenvalue weighted by Gasteiger charge is -2.43. The molecule has 1 heterocycles. The Labute approximate surface area is 136 Å². The minimum absolute atomic E-state index is 0.171. The van der Waals surface area contributed by atoms with Gasteiger partial charge >= 0.3 is 5.97 Å². The fraction of sp³-hybridized carbons (Fsp3) is 0.938. The van der Waals surface area contributed by atoms with E-state index in [1.807, 2.05) is 0 Å². The van der Waals surface area contributed by atoms with Crippen LogP contribution in [0.5, 0.6) is 0 Å². The number of rotatable bonds is 4. The molecule has 23 heavy (non-hydrogen) atoms. The van der Waals surface area contributed by atoms with Crippen molar-refractivity contribution in [2.75, 3.05) is 0 Å². The molecule has 2 rings (SSSR count). The summed E-state index contributed by atoms with van der Waals surface area (Å²) < 4.78 is 11.1. The lowest BCUT2D eigenvalue weighted by molar-refractivity contribution is -0.311. The van der Waals surface area contributed by atoms with Gasteiger partial charge in [-0.15, -0.1) is 0 Å². The second-order valence-corrected chi connectivity index (χ2v) is 7.24. The molecule has 2 aliphatic rings. The van der Waals surface area contributed by atoms with Gasteiger partial charge in [0.05, 0.1) is 6.10 Å². The predicted octanol–water partition coefficient (Wildman–Crippen LogP) is 0.356. The highest BCUT2D eigenvalue weighted by Gasteiger charge is 2.48. The van der Waals surface area contributed by atoms with Crippen molar-refractivity contribution in [1.82, 2.24) is 0 Å². The van der Waals surface area contributed by atoms with Crippen LogP contribution in [0.1, 0.15) is 40.0 Å². The van der Waals surface area contributed by atoms with Gasteiger partial charge in [0, 0.05) is 0 Å². The van der Waals surface area contributed by atoms with Crippen LogP contribution in [0.25, 0.3) is 0 Å². The predicted molar refractivity (Wildman–Crippen MR) is 80.5 cm³/mol. The minimum atomic E-state index is -1.69. The Balaban J connectivity index is 2.11. The average molecular weight is 332 g/mol. The molecular formula is C16H28O7. The van der Waals surface area contributed by atoms with Crippen LogP contribution < -0.4 is 0 Å². The van der Waals surface area contributed by atoms with Gasteiger partial charge in [-0.1, -0.05) is 27.2 Å². The Kier molecular flexibility index (Phi) is 6.02. The van der Waals surface area contributed by atoms with Gasteiger partial charge in [-0.25, -0.2) is 4.79 Å². The Hall–Kier alpha value is -0.730. The number of carbonyl (C=O) groups is 1. The highest BCUT2D eigenvalue weighted by atomic mass is 16.7. The average Bonchev–Trinajstić information content (AvgIpc) is 2.47. The maximum absolute atomic E-state index is 11.1. The Morgan fingerprint density at radius 1 is 1.13 bits per heavy atom. The summed E-state index contributed by atoms with van der Waals surface area (Å²) in [5, 5.41) is 38.7. The standard InChI is InChI=1S/C16H28O7/c1-7(2)9-5-4-8(3)6-10(9)22-16-13(19)11(17)12(18)14(23-16)15(20)21/h7-14,16-19H,4-6H2,1-3H3,(H,20,21)/t8-,9+,10+,11+,12+,13-,14+,16-/m1/s1. The first-order valence-corrected chi connectivity index (χ1v) is 8.30. The van der Waals surface area contributed by atoms with E-state index in [2.05, 4.69) is 20.8 Å². The number of aliphatic carboxylic acids is 1. The van der Waals surface area contributed by atoms with Gasteiger partial charge in [-0.2, -0.15) is 0 Å². The van der Waals surface area contributed by atoms with Gasteiger partial charge < -0.3 is 29.9 Å². The summed E-state index contributed by atoms with van der Waals surface area (Å²) in [7, 11) is 0. The zero-order valence-electron chi connectivity index (χ0n) is 13.8. The number of aliphatic hydroxyl groups is 3. The van der Waals surface area contributed by atoms with E-state index in [1.165, 1.54) is 0 Å². The molecule has 1 aliphatic carbocycles. The van der Waals surface area contributed by atoms with E-state index in [4.69, 9.17) is 14.6 Å². The lowest BCUT2D eigenvalue weighted by Crippen LogP contribution is -2.61. The highest BCUT2D eigenvalue weighted by Crippen LogP contribution is 2.37. The number of carboxylic acids is 1. The number of hydrogen-bond acceptors (Lipinski definition) is 6. The van der Waals surface area contributed by atoms with Crippen molar-refractivity contribution >= 4 is 5.97 Å². The van der Waals surface area contributed by atoms with Gasteiger partial charge in [-0.05, 0) is 30.6 Å². The van der Waals surface area contributed by atoms with E-state index in [0.29, 0.717) is 11.8 Å². The van der Waals surface area contributed by atoms with Crippen LogP contribution in [0.2, 0.25) is 0 Å². The number of ether oxygens (including phenoxy) is 2. The van der Waals surface area contributed by atoms with Gasteiger partial charge in [0.15, 0.2) is 12.4 Å². The number of aliphatic hydroxyl groups excluding tert-OH is 3. The first kappa shape index (κ1) is 18.6. The monoisotopic (exact) mass is 332 g/mol. The smallest absolute Gasteiger partial charge is 0.335 e. The van der Waals surface area contributed by atoms with Crippen LogP contribution in [0.15, 0.2) is 0 Å². The van der Waals surface area contributed by atoms with Crippen molar-refractivity contribution in [3.63, 3.8) is 0 Å². The maximum Gasteiger partial charge on any atom is 0.335 e. The van der Waals surface area contributed by atoms with E-state index in [1.54, 1.807) is 0 Å². The van der Waals surface area contributed by atoms with Gasteiger partial charge in [0.2, 0.25) is 0 Å². The zero-order chi connectivity index (χ0) is 17.3. The van der Waals surface area contributed by atoms with Crippen molar-refractivity contribution < 1.29 is 34.7 Å². The molecule has 2 fully saturated rings. The van der Waals surface area contributed by atoms with E-state index >= 15 is 0 Å². The van der Waals surface area contributed by atoms with E-state index in [9.17, 15) is 20.1 Å². The summed E-state index contributed by atoms with van der Waals surface area (Å²) in [5.74, 6) is -0.246. The first-order chi connectivity index (χ1) is 10.7. The van der Waals surface area contributed by atoms with Crippen molar-refractivity contribution in [2.24, 2.45) is 17.8 Å². The van der Waals surface area contributed by atoms with Crippen molar-refractivity contribution in [3.8, 4) is 0 Å². The van der Waals surface area contributed by atoms with Gasteiger partial charge in [-0.3, -0.25) is 0 Å². The molecule has 134 valence electrons. The number of hydrogen-bond donors (Lipinski definition) is 4. The zero-order valence-corrected chi connectivity index (χ0v) is 13.8. The molecule has 0 spiro atoms. The molecular weight excluding hydrogens is 304 g/mol. The Bertz CT molecular complexity index is 413. The van der Waals surface area contributed by atoms with Crippen molar-refractivity contribution in [3.05, 3.63) is 0 Å². The molecule has 0 aromatic rings. The van der Waals surface area contributed by atoms with Gasteiger partial charge in [0.1, 0.15) is 18.3 Å². The normalized spacial score (nSPS) is 45.2. The molecule has 0 bridgehead atoms. The third kappa shape index (κ3) is 4.03. The minimum Gasteiger partial charge on any atom is -0.479 e. The van der Waals surface area contributed by atoms with Crippen LogP contribution >= 0.6 is 0 Å². The maximum atomic E-state index is 11.1. The molecule has 1 saturated heterocycles. The largest absolute Gasteiger partial charge is 0.479 e. The number of carboxylic acid groups (broad SMARTS) is 1. The van der Waals surface area contributed by atoms with E-state index < -0.39 is 36.7 Å². The van der Waals surface area contributed by atoms with E-state index in [-0.39, 0.29) is 12.0 Å². The lowest BCUT2D eigenvalue weighted by atomic mass is 9.75. The molecule has 8 atom stereocenters. The molecule has 1 saturated carbocycles. The second kappa shape index (κ2) is 7.44. The van der Waals surface area contributed by atoms with Crippen LogP contribution in [0, 0.1) is 17.8 Å². The third-order valence-electron chi connectivity index (χ3n) is 5.08. The molecule has 7 nitrogen and oxygen atoms in total. The molecule has 4 N–H and O–H groups in total.